The van der Waals surface area contributed by atoms with Gasteiger partial charge in [-0.05, 0) is 33.6 Å². The minimum atomic E-state index is -0.00379. The van der Waals surface area contributed by atoms with Gasteiger partial charge in [-0.2, -0.15) is 0 Å². The highest BCUT2D eigenvalue weighted by atomic mass is 16.4. The van der Waals surface area contributed by atoms with E-state index in [2.05, 4.69) is 10.3 Å². The highest BCUT2D eigenvalue weighted by Crippen LogP contribution is 2.11. The highest BCUT2D eigenvalue weighted by molar-refractivity contribution is 5.78. The normalized spacial score (nSPS) is 14.2. The lowest BCUT2D eigenvalue weighted by atomic mass is 10.0. The van der Waals surface area contributed by atoms with Gasteiger partial charge in [0, 0.05) is 12.0 Å². The number of oxazole rings is 1. The first kappa shape index (κ1) is 15.7. The van der Waals surface area contributed by atoms with Crippen molar-refractivity contribution in [3.63, 3.8) is 0 Å². The second kappa shape index (κ2) is 7.28. The fourth-order valence-electron chi connectivity index (χ4n) is 1.83. The molecular formula is C14H25N3O2. The Morgan fingerprint density at radius 2 is 2.05 bits per heavy atom. The Bertz CT molecular complexity index is 393. The first-order valence-corrected chi connectivity index (χ1v) is 6.86. The maximum Gasteiger partial charge on any atom is 0.223 e. The number of carbonyl (C=O) groups is 1. The molecule has 0 aliphatic carbocycles. The maximum atomic E-state index is 11.9. The third-order valence-electron chi connectivity index (χ3n) is 3.23. The van der Waals surface area contributed by atoms with Gasteiger partial charge in [-0.15, -0.1) is 0 Å². The zero-order chi connectivity index (χ0) is 14.4. The molecule has 1 aromatic rings. The van der Waals surface area contributed by atoms with Crippen molar-refractivity contribution in [2.75, 3.05) is 0 Å². The van der Waals surface area contributed by atoms with Crippen LogP contribution in [-0.2, 0) is 11.3 Å². The van der Waals surface area contributed by atoms with Crippen molar-refractivity contribution in [2.45, 2.75) is 59.5 Å². The summed E-state index contributed by atoms with van der Waals surface area (Å²) < 4.78 is 5.41. The molecule has 2 atom stereocenters. The molecule has 19 heavy (non-hydrogen) atoms. The molecule has 0 spiro atoms. The largest absolute Gasteiger partial charge is 0.444 e. The fourth-order valence-corrected chi connectivity index (χ4v) is 1.83. The van der Waals surface area contributed by atoms with Crippen molar-refractivity contribution in [1.82, 2.24) is 10.3 Å². The lowest BCUT2D eigenvalue weighted by Gasteiger charge is -2.11. The summed E-state index contributed by atoms with van der Waals surface area (Å²) in [4.78, 5) is 16.1. The van der Waals surface area contributed by atoms with Gasteiger partial charge in [-0.3, -0.25) is 4.79 Å². The van der Waals surface area contributed by atoms with Crippen molar-refractivity contribution in [2.24, 2.45) is 11.7 Å². The molecule has 0 radical (unpaired) electrons. The van der Waals surface area contributed by atoms with Crippen LogP contribution in [0.5, 0.6) is 0 Å². The molecule has 1 amide bonds. The fraction of sp³-hybridized carbons (Fsp3) is 0.714. The van der Waals surface area contributed by atoms with Crippen molar-refractivity contribution in [3.05, 3.63) is 17.3 Å². The van der Waals surface area contributed by atoms with Crippen LogP contribution >= 0.6 is 0 Å². The molecule has 5 nitrogen and oxygen atoms in total. The van der Waals surface area contributed by atoms with Crippen LogP contribution in [0.15, 0.2) is 4.42 Å². The third-order valence-corrected chi connectivity index (χ3v) is 3.23. The molecule has 0 bridgehead atoms. The van der Waals surface area contributed by atoms with Gasteiger partial charge in [-0.25, -0.2) is 4.98 Å². The lowest BCUT2D eigenvalue weighted by Crippen LogP contribution is -2.29. The van der Waals surface area contributed by atoms with Gasteiger partial charge in [0.25, 0.3) is 0 Å². The summed E-state index contributed by atoms with van der Waals surface area (Å²) in [5.74, 6) is 1.40. The smallest absolute Gasteiger partial charge is 0.223 e. The molecule has 0 aliphatic rings. The number of rotatable bonds is 7. The van der Waals surface area contributed by atoms with Crippen molar-refractivity contribution >= 4 is 5.91 Å². The second-order valence-electron chi connectivity index (χ2n) is 5.28. The van der Waals surface area contributed by atoms with E-state index in [1.807, 2.05) is 27.7 Å². The van der Waals surface area contributed by atoms with E-state index >= 15 is 0 Å². The summed E-state index contributed by atoms with van der Waals surface area (Å²) in [5.41, 5.74) is 6.55. The minimum Gasteiger partial charge on any atom is -0.444 e. The Hall–Kier alpha value is -1.36. The predicted octanol–water partition coefficient (Wildman–Crippen LogP) is 2.06. The van der Waals surface area contributed by atoms with E-state index in [-0.39, 0.29) is 17.9 Å². The first-order chi connectivity index (χ1) is 8.90. The van der Waals surface area contributed by atoms with Crippen LogP contribution < -0.4 is 11.1 Å². The summed E-state index contributed by atoms with van der Waals surface area (Å²) in [7, 11) is 0. The van der Waals surface area contributed by atoms with Gasteiger partial charge < -0.3 is 15.5 Å². The van der Waals surface area contributed by atoms with Crippen LogP contribution in [0.2, 0.25) is 0 Å². The van der Waals surface area contributed by atoms with Crippen molar-refractivity contribution < 1.29 is 9.21 Å². The summed E-state index contributed by atoms with van der Waals surface area (Å²) in [6.07, 6.45) is 2.79. The SMILES string of the molecule is Cc1nc(CNC(=O)C(C)CCCC(C)N)oc1C. The molecule has 1 aromatic heterocycles. The van der Waals surface area contributed by atoms with E-state index in [4.69, 9.17) is 10.2 Å². The molecule has 1 heterocycles. The van der Waals surface area contributed by atoms with Gasteiger partial charge in [0.2, 0.25) is 11.8 Å². The minimum absolute atomic E-state index is 0.00379. The Morgan fingerprint density at radius 1 is 1.37 bits per heavy atom. The number of hydrogen-bond acceptors (Lipinski definition) is 4. The summed E-state index contributed by atoms with van der Waals surface area (Å²) in [6.45, 7) is 8.02. The summed E-state index contributed by atoms with van der Waals surface area (Å²) >= 11 is 0. The van der Waals surface area contributed by atoms with E-state index in [0.717, 1.165) is 30.7 Å². The van der Waals surface area contributed by atoms with Gasteiger partial charge in [-0.1, -0.05) is 13.3 Å². The topological polar surface area (TPSA) is 81.2 Å². The zero-order valence-corrected chi connectivity index (χ0v) is 12.3. The number of hydrogen-bond donors (Lipinski definition) is 2. The Kier molecular flexibility index (Phi) is 6.02. The number of nitrogens with two attached hydrogens (primary N) is 1. The first-order valence-electron chi connectivity index (χ1n) is 6.86. The average Bonchev–Trinajstić information content (AvgIpc) is 2.65. The van der Waals surface area contributed by atoms with Crippen LogP contribution in [0.1, 0.15) is 50.5 Å². The standard InChI is InChI=1S/C14H25N3O2/c1-9(6-5-7-10(2)15)14(18)16-8-13-17-11(3)12(4)19-13/h9-10H,5-8,15H2,1-4H3,(H,16,18). The van der Waals surface area contributed by atoms with Crippen molar-refractivity contribution in [1.29, 1.82) is 0 Å². The summed E-state index contributed by atoms with van der Waals surface area (Å²) in [5, 5.41) is 2.85. The Morgan fingerprint density at radius 3 is 2.58 bits per heavy atom. The van der Waals surface area contributed by atoms with Crippen LogP contribution in [-0.4, -0.2) is 16.9 Å². The molecule has 0 aromatic carbocycles. The molecule has 0 saturated carbocycles. The maximum absolute atomic E-state index is 11.9. The van der Waals surface area contributed by atoms with Gasteiger partial charge in [0.15, 0.2) is 0 Å². The molecular weight excluding hydrogens is 242 g/mol. The monoisotopic (exact) mass is 267 g/mol. The van der Waals surface area contributed by atoms with Crippen LogP contribution in [0.3, 0.4) is 0 Å². The highest BCUT2D eigenvalue weighted by Gasteiger charge is 2.14. The van der Waals surface area contributed by atoms with E-state index in [1.54, 1.807) is 0 Å². The molecule has 5 heteroatoms. The third kappa shape index (κ3) is 5.42. The van der Waals surface area contributed by atoms with Crippen LogP contribution in [0, 0.1) is 19.8 Å². The predicted molar refractivity (Wildman–Crippen MR) is 74.5 cm³/mol. The second-order valence-corrected chi connectivity index (χ2v) is 5.28. The Balaban J connectivity index is 2.30. The van der Waals surface area contributed by atoms with E-state index < -0.39 is 0 Å². The van der Waals surface area contributed by atoms with E-state index in [0.29, 0.717) is 12.4 Å². The van der Waals surface area contributed by atoms with E-state index in [9.17, 15) is 4.79 Å². The van der Waals surface area contributed by atoms with Gasteiger partial charge in [0.05, 0.1) is 12.2 Å². The number of nitrogens with zero attached hydrogens (tertiary/aromatic N) is 1. The average molecular weight is 267 g/mol. The molecule has 3 N–H and O–H groups in total. The van der Waals surface area contributed by atoms with Crippen molar-refractivity contribution in [3.8, 4) is 0 Å². The number of aryl methyl sites for hydroxylation is 2. The number of carbonyl (C=O) groups excluding carboxylic acids is 1. The van der Waals surface area contributed by atoms with Crippen LogP contribution in [0.25, 0.3) is 0 Å². The molecule has 0 aliphatic heterocycles. The Labute approximate surface area is 115 Å². The summed E-state index contributed by atoms with van der Waals surface area (Å²) in [6, 6.07) is 0.202. The van der Waals surface area contributed by atoms with Gasteiger partial charge >= 0.3 is 0 Å². The number of amides is 1. The molecule has 1 rings (SSSR count). The molecule has 0 fully saturated rings. The number of aromatic nitrogens is 1. The lowest BCUT2D eigenvalue weighted by molar-refractivity contribution is -0.125. The zero-order valence-electron chi connectivity index (χ0n) is 12.3. The van der Waals surface area contributed by atoms with Gasteiger partial charge in [0.1, 0.15) is 5.76 Å². The molecule has 2 unspecified atom stereocenters. The van der Waals surface area contributed by atoms with E-state index in [1.165, 1.54) is 0 Å². The number of nitrogens with one attached hydrogen (secondary N) is 1. The van der Waals surface area contributed by atoms with Crippen LogP contribution in [0.4, 0.5) is 0 Å². The molecule has 108 valence electrons. The molecule has 0 saturated heterocycles. The quantitative estimate of drug-likeness (QED) is 0.792.